The van der Waals surface area contributed by atoms with Gasteiger partial charge in [0.25, 0.3) is 0 Å². The molecule has 3 rings (SSSR count). The van der Waals surface area contributed by atoms with E-state index in [0.717, 1.165) is 11.0 Å². The molecule has 1 unspecified atom stereocenters. The first kappa shape index (κ1) is 18.9. The van der Waals surface area contributed by atoms with E-state index in [2.05, 4.69) is 15.6 Å². The Hall–Kier alpha value is -2.86. The van der Waals surface area contributed by atoms with Gasteiger partial charge in [0.2, 0.25) is 11.8 Å². The van der Waals surface area contributed by atoms with Gasteiger partial charge in [0.15, 0.2) is 0 Å². The molecule has 2 N–H and O–H groups in total. The molecule has 2 amide bonds. The molecule has 0 radical (unpaired) electrons. The third kappa shape index (κ3) is 4.46. The minimum Gasteiger partial charge on any atom is -0.346 e. The molecular weight excluding hydrogens is 364 g/mol. The Morgan fingerprint density at radius 2 is 1.81 bits per heavy atom. The molecule has 0 bridgehead atoms. The molecule has 0 aliphatic rings. The molecule has 1 heterocycles. The highest BCUT2D eigenvalue weighted by Gasteiger charge is 2.19. The topological polar surface area (TPSA) is 76.0 Å². The van der Waals surface area contributed by atoms with Crippen LogP contribution in [0.4, 0.5) is 5.69 Å². The van der Waals surface area contributed by atoms with Crippen molar-refractivity contribution in [3.63, 3.8) is 0 Å². The molecule has 7 heteroatoms. The zero-order valence-electron chi connectivity index (χ0n) is 15.2. The second-order valence-electron chi connectivity index (χ2n) is 6.24. The van der Waals surface area contributed by atoms with Crippen LogP contribution in [0.3, 0.4) is 0 Å². The number of benzene rings is 2. The SMILES string of the molecule is CCC(=O)NC(C)c1nc2ccccc2n1CC(=O)Nc1ccc(Cl)cc1. The van der Waals surface area contributed by atoms with E-state index in [1.54, 1.807) is 31.2 Å². The summed E-state index contributed by atoms with van der Waals surface area (Å²) in [6, 6.07) is 14.2. The summed E-state index contributed by atoms with van der Waals surface area (Å²) in [7, 11) is 0. The lowest BCUT2D eigenvalue weighted by atomic mass is 10.3. The van der Waals surface area contributed by atoms with Crippen LogP contribution in [-0.2, 0) is 16.1 Å². The highest BCUT2D eigenvalue weighted by atomic mass is 35.5. The predicted octanol–water partition coefficient (Wildman–Crippen LogP) is 3.92. The number of hydrogen-bond acceptors (Lipinski definition) is 3. The first-order chi connectivity index (χ1) is 13.0. The molecule has 0 aliphatic heterocycles. The first-order valence-electron chi connectivity index (χ1n) is 8.78. The van der Waals surface area contributed by atoms with Crippen LogP contribution in [0.1, 0.15) is 32.1 Å². The molecule has 0 aliphatic carbocycles. The van der Waals surface area contributed by atoms with Gasteiger partial charge in [-0.25, -0.2) is 4.98 Å². The van der Waals surface area contributed by atoms with E-state index in [-0.39, 0.29) is 24.4 Å². The number of nitrogens with zero attached hydrogens (tertiary/aromatic N) is 2. The number of carbonyl (C=O) groups is 2. The van der Waals surface area contributed by atoms with E-state index >= 15 is 0 Å². The van der Waals surface area contributed by atoms with Crippen molar-refractivity contribution in [3.05, 3.63) is 59.4 Å². The number of fused-ring (bicyclic) bond motifs is 1. The van der Waals surface area contributed by atoms with Gasteiger partial charge in [-0.1, -0.05) is 30.7 Å². The second kappa shape index (κ2) is 8.22. The number of nitrogens with one attached hydrogen (secondary N) is 2. The van der Waals surface area contributed by atoms with E-state index in [1.807, 2.05) is 35.8 Å². The summed E-state index contributed by atoms with van der Waals surface area (Å²) in [5.41, 5.74) is 2.29. The quantitative estimate of drug-likeness (QED) is 0.676. The van der Waals surface area contributed by atoms with Crippen molar-refractivity contribution in [2.24, 2.45) is 0 Å². The van der Waals surface area contributed by atoms with Crippen LogP contribution in [0.15, 0.2) is 48.5 Å². The Morgan fingerprint density at radius 1 is 1.11 bits per heavy atom. The van der Waals surface area contributed by atoms with Gasteiger partial charge in [-0.2, -0.15) is 0 Å². The number of amides is 2. The number of para-hydroxylation sites is 2. The molecule has 2 aromatic carbocycles. The van der Waals surface area contributed by atoms with Crippen LogP contribution in [0, 0.1) is 0 Å². The fourth-order valence-corrected chi connectivity index (χ4v) is 3.00. The molecule has 0 fully saturated rings. The van der Waals surface area contributed by atoms with Gasteiger partial charge in [-0.05, 0) is 43.3 Å². The van der Waals surface area contributed by atoms with E-state index in [0.29, 0.717) is 23.0 Å². The third-order valence-corrected chi connectivity index (χ3v) is 4.45. The Balaban J connectivity index is 1.87. The van der Waals surface area contributed by atoms with E-state index in [1.165, 1.54) is 0 Å². The number of halogens is 1. The van der Waals surface area contributed by atoms with Crippen molar-refractivity contribution >= 4 is 40.1 Å². The molecule has 0 spiro atoms. The van der Waals surface area contributed by atoms with Crippen LogP contribution >= 0.6 is 11.6 Å². The fourth-order valence-electron chi connectivity index (χ4n) is 2.88. The third-order valence-electron chi connectivity index (χ3n) is 4.20. The first-order valence-corrected chi connectivity index (χ1v) is 9.15. The molecule has 140 valence electrons. The van der Waals surface area contributed by atoms with Crippen molar-refractivity contribution in [2.45, 2.75) is 32.9 Å². The Kier molecular flexibility index (Phi) is 5.76. The number of aromatic nitrogens is 2. The average molecular weight is 385 g/mol. The summed E-state index contributed by atoms with van der Waals surface area (Å²) < 4.78 is 1.83. The molecule has 0 saturated heterocycles. The van der Waals surface area contributed by atoms with Crippen molar-refractivity contribution < 1.29 is 9.59 Å². The minimum atomic E-state index is -0.312. The van der Waals surface area contributed by atoms with Gasteiger partial charge >= 0.3 is 0 Å². The van der Waals surface area contributed by atoms with E-state index in [4.69, 9.17) is 11.6 Å². The molecule has 6 nitrogen and oxygen atoms in total. The van der Waals surface area contributed by atoms with Gasteiger partial charge in [0.1, 0.15) is 12.4 Å². The van der Waals surface area contributed by atoms with Crippen LogP contribution < -0.4 is 10.6 Å². The van der Waals surface area contributed by atoms with E-state index in [9.17, 15) is 9.59 Å². The zero-order chi connectivity index (χ0) is 19.4. The number of hydrogen-bond donors (Lipinski definition) is 2. The summed E-state index contributed by atoms with van der Waals surface area (Å²) >= 11 is 5.88. The van der Waals surface area contributed by atoms with Crippen LogP contribution in [0.2, 0.25) is 5.02 Å². The number of rotatable bonds is 6. The minimum absolute atomic E-state index is 0.0632. The lowest BCUT2D eigenvalue weighted by Gasteiger charge is -2.16. The molecule has 1 aromatic heterocycles. The lowest BCUT2D eigenvalue weighted by Crippen LogP contribution is -2.29. The van der Waals surface area contributed by atoms with Gasteiger partial charge < -0.3 is 15.2 Å². The molecule has 27 heavy (non-hydrogen) atoms. The Bertz CT molecular complexity index is 966. The zero-order valence-corrected chi connectivity index (χ0v) is 16.0. The Labute approximate surface area is 162 Å². The summed E-state index contributed by atoms with van der Waals surface area (Å²) in [6.45, 7) is 3.75. The molecule has 1 atom stereocenters. The Morgan fingerprint density at radius 3 is 2.52 bits per heavy atom. The maximum Gasteiger partial charge on any atom is 0.244 e. The largest absolute Gasteiger partial charge is 0.346 e. The van der Waals surface area contributed by atoms with Gasteiger partial charge in [-0.3, -0.25) is 9.59 Å². The van der Waals surface area contributed by atoms with Gasteiger partial charge in [0, 0.05) is 17.1 Å². The van der Waals surface area contributed by atoms with Gasteiger partial charge in [0.05, 0.1) is 17.1 Å². The highest BCUT2D eigenvalue weighted by molar-refractivity contribution is 6.30. The number of imidazole rings is 1. The molecular formula is C20H21ClN4O2. The highest BCUT2D eigenvalue weighted by Crippen LogP contribution is 2.21. The van der Waals surface area contributed by atoms with Crippen molar-refractivity contribution in [3.8, 4) is 0 Å². The number of carbonyl (C=O) groups excluding carboxylic acids is 2. The summed E-state index contributed by atoms with van der Waals surface area (Å²) in [6.07, 6.45) is 0.390. The lowest BCUT2D eigenvalue weighted by molar-refractivity contribution is -0.121. The normalized spacial score (nSPS) is 12.0. The average Bonchev–Trinajstić information content (AvgIpc) is 3.02. The van der Waals surface area contributed by atoms with Crippen LogP contribution in [0.5, 0.6) is 0 Å². The maximum absolute atomic E-state index is 12.6. The van der Waals surface area contributed by atoms with E-state index < -0.39 is 0 Å². The monoisotopic (exact) mass is 384 g/mol. The maximum atomic E-state index is 12.6. The second-order valence-corrected chi connectivity index (χ2v) is 6.68. The standard InChI is InChI=1S/C20H21ClN4O2/c1-3-18(26)22-13(2)20-24-16-6-4-5-7-17(16)25(20)12-19(27)23-15-10-8-14(21)9-11-15/h4-11,13H,3,12H2,1-2H3,(H,22,26)(H,23,27). The number of anilines is 1. The predicted molar refractivity (Wildman–Crippen MR) is 107 cm³/mol. The summed E-state index contributed by atoms with van der Waals surface area (Å²) in [4.78, 5) is 29.0. The molecule has 0 saturated carbocycles. The van der Waals surface area contributed by atoms with Crippen LogP contribution in [0.25, 0.3) is 11.0 Å². The summed E-state index contributed by atoms with van der Waals surface area (Å²) in [5.74, 6) is 0.395. The van der Waals surface area contributed by atoms with Crippen molar-refractivity contribution in [1.29, 1.82) is 0 Å². The van der Waals surface area contributed by atoms with Crippen molar-refractivity contribution in [2.75, 3.05) is 5.32 Å². The summed E-state index contributed by atoms with van der Waals surface area (Å²) in [5, 5.41) is 6.37. The smallest absolute Gasteiger partial charge is 0.244 e. The van der Waals surface area contributed by atoms with Crippen LogP contribution in [-0.4, -0.2) is 21.4 Å². The fraction of sp³-hybridized carbons (Fsp3) is 0.250. The molecule has 3 aromatic rings. The van der Waals surface area contributed by atoms with Gasteiger partial charge in [-0.15, -0.1) is 0 Å². The van der Waals surface area contributed by atoms with Crippen molar-refractivity contribution in [1.82, 2.24) is 14.9 Å².